The third-order valence-corrected chi connectivity index (χ3v) is 7.31. The summed E-state index contributed by atoms with van der Waals surface area (Å²) in [7, 11) is -3.26. The van der Waals surface area contributed by atoms with Crippen LogP contribution in [0.3, 0.4) is 0 Å². The lowest BCUT2D eigenvalue weighted by atomic mass is 9.87. The van der Waals surface area contributed by atoms with E-state index in [1.807, 2.05) is 30.3 Å². The van der Waals surface area contributed by atoms with E-state index in [-0.39, 0.29) is 11.7 Å². The highest BCUT2D eigenvalue weighted by atomic mass is 79.9. The predicted octanol–water partition coefficient (Wildman–Crippen LogP) is 3.67. The first-order chi connectivity index (χ1) is 12.5. The average molecular weight is 438 g/mol. The molecule has 0 bridgehead atoms. The fourth-order valence-corrected chi connectivity index (χ4v) is 4.97. The van der Waals surface area contributed by atoms with Crippen LogP contribution in [0.15, 0.2) is 64.0 Å². The van der Waals surface area contributed by atoms with Crippen molar-refractivity contribution >= 4 is 25.8 Å². The SMILES string of the molecule is O=S(=O)(CCN1CCC(C(O)c2ccccc2)CC1)c1ccc(Br)cc1. The van der Waals surface area contributed by atoms with Crippen LogP contribution in [-0.4, -0.2) is 43.8 Å². The van der Waals surface area contributed by atoms with Gasteiger partial charge in [0.25, 0.3) is 0 Å². The van der Waals surface area contributed by atoms with Crippen molar-refractivity contribution in [2.24, 2.45) is 5.92 Å². The third-order valence-electron chi connectivity index (χ3n) is 5.07. The zero-order valence-corrected chi connectivity index (χ0v) is 17.0. The fraction of sp³-hybridized carbons (Fsp3) is 0.400. The summed E-state index contributed by atoms with van der Waals surface area (Å²) < 4.78 is 25.8. The van der Waals surface area contributed by atoms with Crippen LogP contribution in [0.2, 0.25) is 0 Å². The van der Waals surface area contributed by atoms with Gasteiger partial charge in [-0.15, -0.1) is 0 Å². The molecule has 0 aliphatic carbocycles. The summed E-state index contributed by atoms with van der Waals surface area (Å²) in [6.07, 6.45) is 1.33. The molecule has 1 saturated heterocycles. The number of likely N-dealkylation sites (tertiary alicyclic amines) is 1. The molecule has 1 fully saturated rings. The number of benzene rings is 2. The Labute approximate surface area is 163 Å². The number of hydrogen-bond acceptors (Lipinski definition) is 4. The molecule has 0 aromatic heterocycles. The Kier molecular flexibility index (Phi) is 6.51. The Morgan fingerprint density at radius 1 is 1.04 bits per heavy atom. The predicted molar refractivity (Wildman–Crippen MR) is 107 cm³/mol. The maximum absolute atomic E-state index is 12.5. The van der Waals surface area contributed by atoms with E-state index in [1.54, 1.807) is 24.3 Å². The summed E-state index contributed by atoms with van der Waals surface area (Å²) in [5, 5.41) is 10.5. The van der Waals surface area contributed by atoms with Crippen LogP contribution in [0.5, 0.6) is 0 Å². The van der Waals surface area contributed by atoms with E-state index in [4.69, 9.17) is 0 Å². The number of aliphatic hydroxyl groups is 1. The van der Waals surface area contributed by atoms with E-state index >= 15 is 0 Å². The van der Waals surface area contributed by atoms with E-state index in [0.29, 0.717) is 11.4 Å². The summed E-state index contributed by atoms with van der Waals surface area (Å²) in [6, 6.07) is 16.5. The second kappa shape index (κ2) is 8.65. The van der Waals surface area contributed by atoms with E-state index in [2.05, 4.69) is 20.8 Å². The van der Waals surface area contributed by atoms with Crippen LogP contribution in [0, 0.1) is 5.92 Å². The molecule has 140 valence electrons. The Balaban J connectivity index is 1.50. The molecular formula is C20H24BrNO3S. The van der Waals surface area contributed by atoms with Crippen LogP contribution < -0.4 is 0 Å². The van der Waals surface area contributed by atoms with Crippen LogP contribution in [0.1, 0.15) is 24.5 Å². The van der Waals surface area contributed by atoms with Crippen LogP contribution in [-0.2, 0) is 9.84 Å². The quantitative estimate of drug-likeness (QED) is 0.748. The lowest BCUT2D eigenvalue weighted by Gasteiger charge is -2.34. The maximum Gasteiger partial charge on any atom is 0.179 e. The minimum Gasteiger partial charge on any atom is -0.388 e. The Bertz CT molecular complexity index is 801. The van der Waals surface area contributed by atoms with Gasteiger partial charge in [0.1, 0.15) is 0 Å². The number of nitrogens with zero attached hydrogens (tertiary/aromatic N) is 1. The summed E-state index contributed by atoms with van der Waals surface area (Å²) in [4.78, 5) is 2.56. The minimum atomic E-state index is -3.26. The smallest absolute Gasteiger partial charge is 0.179 e. The summed E-state index contributed by atoms with van der Waals surface area (Å²) in [6.45, 7) is 2.18. The van der Waals surface area contributed by atoms with Crippen LogP contribution in [0.25, 0.3) is 0 Å². The Morgan fingerprint density at radius 3 is 2.27 bits per heavy atom. The lowest BCUT2D eigenvalue weighted by Crippen LogP contribution is -2.38. The van der Waals surface area contributed by atoms with Crippen LogP contribution in [0.4, 0.5) is 0 Å². The molecule has 1 heterocycles. The van der Waals surface area contributed by atoms with Gasteiger partial charge in [-0.2, -0.15) is 0 Å². The van der Waals surface area contributed by atoms with Gasteiger partial charge in [-0.05, 0) is 61.7 Å². The molecule has 1 N–H and O–H groups in total. The van der Waals surface area contributed by atoms with Crippen molar-refractivity contribution in [3.05, 3.63) is 64.6 Å². The Morgan fingerprint density at radius 2 is 1.65 bits per heavy atom. The van der Waals surface area contributed by atoms with Crippen molar-refractivity contribution < 1.29 is 13.5 Å². The number of halogens is 1. The Hall–Kier alpha value is -1.21. The molecule has 1 aliphatic heterocycles. The second-order valence-electron chi connectivity index (χ2n) is 6.81. The number of piperidine rings is 1. The second-order valence-corrected chi connectivity index (χ2v) is 9.83. The number of hydrogen-bond donors (Lipinski definition) is 1. The molecule has 0 saturated carbocycles. The molecule has 3 rings (SSSR count). The minimum absolute atomic E-state index is 0.126. The van der Waals surface area contributed by atoms with Gasteiger partial charge in [-0.3, -0.25) is 0 Å². The van der Waals surface area contributed by atoms with Crippen molar-refractivity contribution in [3.63, 3.8) is 0 Å². The average Bonchev–Trinajstić information content (AvgIpc) is 2.67. The summed E-state index contributed by atoms with van der Waals surface area (Å²) >= 11 is 3.32. The van der Waals surface area contributed by atoms with E-state index in [0.717, 1.165) is 36.0 Å². The third kappa shape index (κ3) is 4.94. The fourth-order valence-electron chi connectivity index (χ4n) is 3.42. The van der Waals surface area contributed by atoms with Gasteiger partial charge in [-0.1, -0.05) is 46.3 Å². The molecule has 2 aromatic carbocycles. The maximum atomic E-state index is 12.5. The van der Waals surface area contributed by atoms with Gasteiger partial charge >= 0.3 is 0 Å². The molecule has 1 atom stereocenters. The number of sulfone groups is 1. The molecule has 6 heteroatoms. The largest absolute Gasteiger partial charge is 0.388 e. The van der Waals surface area contributed by atoms with E-state index in [9.17, 15) is 13.5 Å². The zero-order valence-electron chi connectivity index (χ0n) is 14.6. The van der Waals surface area contributed by atoms with Gasteiger partial charge in [0.15, 0.2) is 9.84 Å². The molecule has 4 nitrogen and oxygen atoms in total. The van der Waals surface area contributed by atoms with Crippen LogP contribution >= 0.6 is 15.9 Å². The molecule has 26 heavy (non-hydrogen) atoms. The van der Waals surface area contributed by atoms with Crippen molar-refractivity contribution in [1.82, 2.24) is 4.90 Å². The standard InChI is InChI=1S/C20H24BrNO3S/c21-18-6-8-19(9-7-18)26(24,25)15-14-22-12-10-17(11-13-22)20(23)16-4-2-1-3-5-16/h1-9,17,20,23H,10-15H2. The topological polar surface area (TPSA) is 57.6 Å². The van der Waals surface area contributed by atoms with Crippen molar-refractivity contribution in [3.8, 4) is 0 Å². The molecule has 1 unspecified atom stereocenters. The number of aliphatic hydroxyl groups excluding tert-OH is 1. The van der Waals surface area contributed by atoms with Crippen molar-refractivity contribution in [2.75, 3.05) is 25.4 Å². The highest BCUT2D eigenvalue weighted by Gasteiger charge is 2.27. The highest BCUT2D eigenvalue weighted by Crippen LogP contribution is 2.30. The van der Waals surface area contributed by atoms with E-state index in [1.165, 1.54) is 0 Å². The normalized spacial score (nSPS) is 17.9. The first-order valence-electron chi connectivity index (χ1n) is 8.89. The zero-order chi connectivity index (χ0) is 18.6. The molecule has 0 spiro atoms. The highest BCUT2D eigenvalue weighted by molar-refractivity contribution is 9.10. The molecular weight excluding hydrogens is 414 g/mol. The number of rotatable bonds is 6. The molecule has 0 radical (unpaired) electrons. The monoisotopic (exact) mass is 437 g/mol. The summed E-state index contributed by atoms with van der Waals surface area (Å²) in [5.74, 6) is 0.359. The summed E-state index contributed by atoms with van der Waals surface area (Å²) in [5.41, 5.74) is 0.962. The first kappa shape index (κ1) is 19.5. The first-order valence-corrected chi connectivity index (χ1v) is 11.3. The van der Waals surface area contributed by atoms with Gasteiger partial charge in [0.2, 0.25) is 0 Å². The molecule has 2 aromatic rings. The lowest BCUT2D eigenvalue weighted by molar-refractivity contribution is 0.0606. The van der Waals surface area contributed by atoms with Gasteiger partial charge < -0.3 is 10.0 Å². The molecule has 1 aliphatic rings. The van der Waals surface area contributed by atoms with Crippen molar-refractivity contribution in [2.45, 2.75) is 23.8 Å². The van der Waals surface area contributed by atoms with Gasteiger partial charge in [0, 0.05) is 11.0 Å². The van der Waals surface area contributed by atoms with Crippen molar-refractivity contribution in [1.29, 1.82) is 0 Å². The van der Waals surface area contributed by atoms with E-state index < -0.39 is 15.9 Å². The van der Waals surface area contributed by atoms with Gasteiger partial charge in [-0.25, -0.2) is 8.42 Å². The van der Waals surface area contributed by atoms with Gasteiger partial charge in [0.05, 0.1) is 16.8 Å². The molecule has 0 amide bonds.